The minimum absolute atomic E-state index is 0.0527. The van der Waals surface area contributed by atoms with Crippen LogP contribution in [0.4, 0.5) is 0 Å². The van der Waals surface area contributed by atoms with Crippen molar-refractivity contribution in [2.24, 2.45) is 0 Å². The Hall–Kier alpha value is -2.69. The first-order chi connectivity index (χ1) is 15.6. The summed E-state index contributed by atoms with van der Waals surface area (Å²) < 4.78 is 13.0. The van der Waals surface area contributed by atoms with Gasteiger partial charge in [-0.15, -0.1) is 0 Å². The second kappa shape index (κ2) is 8.92. The van der Waals surface area contributed by atoms with Crippen molar-refractivity contribution < 1.29 is 13.6 Å². The lowest BCUT2D eigenvalue weighted by molar-refractivity contribution is 0.0988. The van der Waals surface area contributed by atoms with Gasteiger partial charge < -0.3 is 8.84 Å². The summed E-state index contributed by atoms with van der Waals surface area (Å²) in [6.07, 6.45) is 1.25. The average Bonchev–Trinajstić information content (AvgIpc) is 3.15. The van der Waals surface area contributed by atoms with Gasteiger partial charge >= 0.3 is 0 Å². The van der Waals surface area contributed by atoms with Gasteiger partial charge in [-0.3, -0.25) is 4.79 Å². The van der Waals surface area contributed by atoms with Crippen molar-refractivity contribution in [2.45, 2.75) is 64.8 Å². The van der Waals surface area contributed by atoms with Crippen LogP contribution in [0.3, 0.4) is 0 Å². The number of ketones is 1. The third-order valence-electron chi connectivity index (χ3n) is 7.02. The molecule has 1 atom stereocenters. The molecular formula is C29H34O3Si. The molecule has 4 rings (SSSR count). The van der Waals surface area contributed by atoms with Crippen LogP contribution in [0.2, 0.25) is 18.1 Å². The molecule has 1 unspecified atom stereocenters. The van der Waals surface area contributed by atoms with Crippen molar-refractivity contribution in [2.75, 3.05) is 0 Å². The summed E-state index contributed by atoms with van der Waals surface area (Å²) in [5, 5.41) is 2.13. The van der Waals surface area contributed by atoms with Gasteiger partial charge in [-0.25, -0.2) is 0 Å². The molecule has 3 aromatic carbocycles. The van der Waals surface area contributed by atoms with Crippen LogP contribution in [-0.4, -0.2) is 14.1 Å². The molecule has 0 radical (unpaired) electrons. The Morgan fingerprint density at radius 3 is 2.21 bits per heavy atom. The van der Waals surface area contributed by atoms with Gasteiger partial charge in [0.1, 0.15) is 11.2 Å². The van der Waals surface area contributed by atoms with E-state index in [1.807, 2.05) is 37.3 Å². The van der Waals surface area contributed by atoms with Crippen LogP contribution < -0.4 is 0 Å². The standard InChI is InChI=1S/C29H34O3Si/c1-7-25(30)21-13-15-26-23(18-21)24-19-22(14-16-27(24)31-26)28(17-20-11-9-8-10-12-20)32-33(5,6)29(2,3)4/h8-16,18-19,28H,7,17H2,1-6H3. The third-order valence-corrected chi connectivity index (χ3v) is 11.5. The molecule has 0 saturated heterocycles. The minimum Gasteiger partial charge on any atom is -0.456 e. The second-order valence-electron chi connectivity index (χ2n) is 10.4. The molecule has 1 aromatic heterocycles. The maximum Gasteiger partial charge on any atom is 0.192 e. The average molecular weight is 459 g/mol. The number of fused-ring (bicyclic) bond motifs is 3. The highest BCUT2D eigenvalue weighted by molar-refractivity contribution is 6.74. The van der Waals surface area contributed by atoms with Gasteiger partial charge in [-0.1, -0.05) is 64.1 Å². The molecule has 33 heavy (non-hydrogen) atoms. The quantitative estimate of drug-likeness (QED) is 0.206. The fourth-order valence-corrected chi connectivity index (χ4v) is 5.25. The van der Waals surface area contributed by atoms with Gasteiger partial charge in [-0.05, 0) is 59.6 Å². The van der Waals surface area contributed by atoms with E-state index in [1.54, 1.807) is 0 Å². The van der Waals surface area contributed by atoms with Crippen LogP contribution in [0.25, 0.3) is 21.9 Å². The first-order valence-electron chi connectivity index (χ1n) is 11.8. The van der Waals surface area contributed by atoms with E-state index in [1.165, 1.54) is 5.56 Å². The van der Waals surface area contributed by atoms with Crippen LogP contribution in [-0.2, 0) is 10.8 Å². The highest BCUT2D eigenvalue weighted by Gasteiger charge is 2.39. The second-order valence-corrected chi connectivity index (χ2v) is 15.2. The topological polar surface area (TPSA) is 39.4 Å². The molecule has 4 aromatic rings. The zero-order chi connectivity index (χ0) is 23.8. The Labute approximate surface area is 197 Å². The van der Waals surface area contributed by atoms with Gasteiger partial charge in [0.25, 0.3) is 0 Å². The van der Waals surface area contributed by atoms with E-state index in [9.17, 15) is 4.79 Å². The lowest BCUT2D eigenvalue weighted by Gasteiger charge is -2.39. The molecule has 4 heteroatoms. The fraction of sp³-hybridized carbons (Fsp3) is 0.345. The largest absolute Gasteiger partial charge is 0.456 e. The van der Waals surface area contributed by atoms with Gasteiger partial charge in [0.15, 0.2) is 14.1 Å². The number of carbonyl (C=O) groups is 1. The van der Waals surface area contributed by atoms with Crippen molar-refractivity contribution in [3.63, 3.8) is 0 Å². The van der Waals surface area contributed by atoms with Crippen LogP contribution >= 0.6 is 0 Å². The number of hydrogen-bond donors (Lipinski definition) is 0. The van der Waals surface area contributed by atoms with E-state index in [2.05, 4.69) is 70.3 Å². The highest BCUT2D eigenvalue weighted by Crippen LogP contribution is 2.41. The molecule has 1 heterocycles. The Morgan fingerprint density at radius 2 is 1.58 bits per heavy atom. The smallest absolute Gasteiger partial charge is 0.192 e. The van der Waals surface area contributed by atoms with Crippen molar-refractivity contribution in [1.82, 2.24) is 0 Å². The molecular weight excluding hydrogens is 424 g/mol. The summed E-state index contributed by atoms with van der Waals surface area (Å²) in [6.45, 7) is 13.3. The van der Waals surface area contributed by atoms with Crippen LogP contribution in [0.15, 0.2) is 71.1 Å². The summed E-state index contributed by atoms with van der Waals surface area (Å²) >= 11 is 0. The number of furan rings is 1. The lowest BCUT2D eigenvalue weighted by Crippen LogP contribution is -2.42. The Morgan fingerprint density at radius 1 is 0.939 bits per heavy atom. The van der Waals surface area contributed by atoms with E-state index in [4.69, 9.17) is 8.84 Å². The Kier molecular flexibility index (Phi) is 6.34. The predicted octanol–water partition coefficient (Wildman–Crippen LogP) is 8.48. The number of carbonyl (C=O) groups excluding carboxylic acids is 1. The first kappa shape index (κ1) is 23.5. The van der Waals surface area contributed by atoms with Crippen LogP contribution in [0, 0.1) is 0 Å². The lowest BCUT2D eigenvalue weighted by atomic mass is 9.99. The molecule has 0 aliphatic heterocycles. The normalized spacial score (nSPS) is 13.5. The molecule has 0 aliphatic carbocycles. The van der Waals surface area contributed by atoms with Crippen molar-refractivity contribution >= 4 is 36.0 Å². The third kappa shape index (κ3) is 4.82. The zero-order valence-electron chi connectivity index (χ0n) is 20.6. The molecule has 0 saturated carbocycles. The summed E-state index contributed by atoms with van der Waals surface area (Å²) in [5.74, 6) is 0.144. The Balaban J connectivity index is 1.81. The number of benzene rings is 3. The van der Waals surface area contributed by atoms with Gasteiger partial charge in [0.2, 0.25) is 0 Å². The molecule has 0 fully saturated rings. The SMILES string of the molecule is CCC(=O)c1ccc2oc3ccc(C(Cc4ccccc4)O[Si](C)(C)C(C)(C)C)cc3c2c1. The molecule has 0 aliphatic rings. The minimum atomic E-state index is -2.01. The van der Waals surface area contributed by atoms with E-state index < -0.39 is 8.32 Å². The van der Waals surface area contributed by atoms with Crippen molar-refractivity contribution in [3.8, 4) is 0 Å². The first-order valence-corrected chi connectivity index (χ1v) is 14.7. The highest BCUT2D eigenvalue weighted by atomic mass is 28.4. The van der Waals surface area contributed by atoms with Crippen molar-refractivity contribution in [3.05, 3.63) is 83.4 Å². The van der Waals surface area contributed by atoms with Gasteiger partial charge in [-0.2, -0.15) is 0 Å². The molecule has 0 N–H and O–H groups in total. The van der Waals surface area contributed by atoms with Crippen LogP contribution in [0.1, 0.15) is 61.7 Å². The summed E-state index contributed by atoms with van der Waals surface area (Å²) in [6, 6.07) is 22.6. The molecule has 0 bridgehead atoms. The monoisotopic (exact) mass is 458 g/mol. The number of Topliss-reactive ketones (excluding diaryl/α,β-unsaturated/α-hetero) is 1. The van der Waals surface area contributed by atoms with E-state index in [0.29, 0.717) is 6.42 Å². The van der Waals surface area contributed by atoms with Crippen LogP contribution in [0.5, 0.6) is 0 Å². The summed E-state index contributed by atoms with van der Waals surface area (Å²) in [4.78, 5) is 12.3. The van der Waals surface area contributed by atoms with E-state index in [0.717, 1.165) is 39.5 Å². The molecule has 172 valence electrons. The predicted molar refractivity (Wildman–Crippen MR) is 140 cm³/mol. The van der Waals surface area contributed by atoms with Crippen molar-refractivity contribution in [1.29, 1.82) is 0 Å². The Bertz CT molecular complexity index is 1280. The molecule has 0 spiro atoms. The maximum absolute atomic E-state index is 12.3. The molecule has 0 amide bonds. The zero-order valence-corrected chi connectivity index (χ0v) is 21.6. The van der Waals surface area contributed by atoms with Gasteiger partial charge in [0, 0.05) is 29.2 Å². The van der Waals surface area contributed by atoms with E-state index >= 15 is 0 Å². The summed E-state index contributed by atoms with van der Waals surface area (Å²) in [7, 11) is -2.01. The fourth-order valence-electron chi connectivity index (χ4n) is 3.96. The molecule has 3 nitrogen and oxygen atoms in total. The maximum atomic E-state index is 12.3. The number of rotatable bonds is 7. The summed E-state index contributed by atoms with van der Waals surface area (Å²) in [5.41, 5.74) is 4.78. The van der Waals surface area contributed by atoms with E-state index in [-0.39, 0.29) is 16.9 Å². The number of hydrogen-bond acceptors (Lipinski definition) is 3. The van der Waals surface area contributed by atoms with Gasteiger partial charge in [0.05, 0.1) is 6.10 Å².